The molecule has 2 aliphatic heterocycles. The maximum absolute atomic E-state index is 12.1. The number of carbonyl (C=O) groups excluding carboxylic acids is 2. The fraction of sp³-hybridized carbons (Fsp3) is 0.467. The highest BCUT2D eigenvalue weighted by atomic mass is 17.2. The highest BCUT2D eigenvalue weighted by molar-refractivity contribution is 6.00. The molecule has 2 heterocycles. The molecule has 21 heavy (non-hydrogen) atoms. The van der Waals surface area contributed by atoms with Crippen molar-refractivity contribution >= 4 is 11.8 Å². The predicted molar refractivity (Wildman–Crippen MR) is 74.5 cm³/mol. The Bertz CT molecular complexity index is 571. The molecule has 2 rings (SSSR count). The third kappa shape index (κ3) is 2.85. The predicted octanol–water partition coefficient (Wildman–Crippen LogP) is 1.75. The highest BCUT2D eigenvalue weighted by Gasteiger charge is 2.38. The molecule has 0 aliphatic carbocycles. The van der Waals surface area contributed by atoms with E-state index in [1.807, 2.05) is 6.08 Å². The first-order chi connectivity index (χ1) is 9.97. The minimum absolute atomic E-state index is 0.131. The van der Waals surface area contributed by atoms with E-state index in [9.17, 15) is 9.59 Å². The van der Waals surface area contributed by atoms with Gasteiger partial charge in [-0.25, -0.2) is 4.79 Å². The zero-order valence-corrected chi connectivity index (χ0v) is 12.6. The molecule has 114 valence electrons. The molecule has 1 atom stereocenters. The fourth-order valence-electron chi connectivity index (χ4n) is 2.68. The Morgan fingerprint density at radius 3 is 2.48 bits per heavy atom. The minimum atomic E-state index is -0.600. The van der Waals surface area contributed by atoms with Crippen molar-refractivity contribution in [2.45, 2.75) is 27.2 Å². The number of methoxy groups -OCH3 is 1. The molecular formula is C15H19NO5. The number of nitrogens with one attached hydrogen (secondary N) is 1. The second-order valence-corrected chi connectivity index (χ2v) is 4.98. The van der Waals surface area contributed by atoms with Crippen LogP contribution in [0.15, 0.2) is 34.4 Å². The summed E-state index contributed by atoms with van der Waals surface area (Å²) < 4.78 is 4.85. The van der Waals surface area contributed by atoms with Gasteiger partial charge in [0.15, 0.2) is 11.5 Å². The smallest absolute Gasteiger partial charge is 0.336 e. The van der Waals surface area contributed by atoms with Crippen molar-refractivity contribution in [3.8, 4) is 0 Å². The van der Waals surface area contributed by atoms with Crippen molar-refractivity contribution in [3.05, 3.63) is 34.4 Å². The summed E-state index contributed by atoms with van der Waals surface area (Å²) in [6, 6.07) is 0. The molecule has 0 saturated carbocycles. The molecule has 0 bridgehead atoms. The maximum Gasteiger partial charge on any atom is 0.336 e. The van der Waals surface area contributed by atoms with Crippen LogP contribution >= 0.6 is 0 Å². The fourth-order valence-corrected chi connectivity index (χ4v) is 2.68. The summed E-state index contributed by atoms with van der Waals surface area (Å²) in [7, 11) is 1.31. The van der Waals surface area contributed by atoms with Gasteiger partial charge in [0, 0.05) is 17.0 Å². The van der Waals surface area contributed by atoms with Crippen molar-refractivity contribution < 1.29 is 24.1 Å². The Morgan fingerprint density at radius 1 is 1.29 bits per heavy atom. The van der Waals surface area contributed by atoms with Gasteiger partial charge in [-0.1, -0.05) is 0 Å². The third-order valence-electron chi connectivity index (χ3n) is 3.53. The monoisotopic (exact) mass is 293 g/mol. The summed E-state index contributed by atoms with van der Waals surface area (Å²) in [5.41, 5.74) is 2.19. The van der Waals surface area contributed by atoms with E-state index in [1.165, 1.54) is 14.0 Å². The number of Topliss-reactive ketones (excluding diaryl/α,β-unsaturated/α-hetero) is 1. The molecule has 0 fully saturated rings. The molecule has 0 radical (unpaired) electrons. The molecule has 0 amide bonds. The van der Waals surface area contributed by atoms with Crippen LogP contribution in [-0.4, -0.2) is 25.5 Å². The molecule has 6 heteroatoms. The standard InChI is InChI=1S/C15H19NO5/c1-8-12(10(3)17)14(11-6-5-7-20-21-11)13(9(2)16-8)15(18)19-4/h6,14,16H,5,7H2,1-4H3. The van der Waals surface area contributed by atoms with E-state index in [2.05, 4.69) is 5.32 Å². The van der Waals surface area contributed by atoms with E-state index in [0.717, 1.165) is 0 Å². The van der Waals surface area contributed by atoms with Crippen LogP contribution in [0.3, 0.4) is 0 Å². The average Bonchev–Trinajstić information content (AvgIpc) is 2.46. The number of carbonyl (C=O) groups is 2. The molecular weight excluding hydrogens is 274 g/mol. The Morgan fingerprint density at radius 2 is 1.95 bits per heavy atom. The zero-order chi connectivity index (χ0) is 15.6. The topological polar surface area (TPSA) is 73.9 Å². The molecule has 6 nitrogen and oxygen atoms in total. The van der Waals surface area contributed by atoms with Gasteiger partial charge in [-0.3, -0.25) is 4.79 Å². The van der Waals surface area contributed by atoms with Crippen molar-refractivity contribution in [1.82, 2.24) is 5.32 Å². The Hall–Kier alpha value is -2.08. The molecule has 1 unspecified atom stereocenters. The number of esters is 1. The van der Waals surface area contributed by atoms with Crippen molar-refractivity contribution in [2.75, 3.05) is 13.7 Å². The van der Waals surface area contributed by atoms with Crippen LogP contribution in [0.5, 0.6) is 0 Å². The molecule has 1 N–H and O–H groups in total. The lowest BCUT2D eigenvalue weighted by atomic mass is 9.82. The Balaban J connectivity index is 2.57. The van der Waals surface area contributed by atoms with Gasteiger partial charge >= 0.3 is 5.97 Å². The van der Waals surface area contributed by atoms with Crippen LogP contribution in [0.1, 0.15) is 27.2 Å². The van der Waals surface area contributed by atoms with E-state index < -0.39 is 11.9 Å². The lowest BCUT2D eigenvalue weighted by molar-refractivity contribution is -0.272. The average molecular weight is 293 g/mol. The van der Waals surface area contributed by atoms with Gasteiger partial charge in [0.05, 0.1) is 25.2 Å². The van der Waals surface area contributed by atoms with Crippen molar-refractivity contribution in [2.24, 2.45) is 5.92 Å². The van der Waals surface area contributed by atoms with Gasteiger partial charge in [-0.15, -0.1) is 0 Å². The molecule has 0 spiro atoms. The van der Waals surface area contributed by atoms with Crippen molar-refractivity contribution in [3.63, 3.8) is 0 Å². The molecule has 0 aromatic rings. The van der Waals surface area contributed by atoms with E-state index in [4.69, 9.17) is 14.5 Å². The summed E-state index contributed by atoms with van der Waals surface area (Å²) in [5, 5.41) is 3.06. The van der Waals surface area contributed by atoms with Crippen LogP contribution in [0.4, 0.5) is 0 Å². The Labute approximate surface area is 123 Å². The van der Waals surface area contributed by atoms with E-state index in [1.54, 1.807) is 13.8 Å². The number of hydrogen-bond donors (Lipinski definition) is 1. The zero-order valence-electron chi connectivity index (χ0n) is 12.6. The van der Waals surface area contributed by atoms with Gasteiger partial charge in [0.2, 0.25) is 0 Å². The first-order valence-electron chi connectivity index (χ1n) is 6.74. The highest BCUT2D eigenvalue weighted by Crippen LogP contribution is 2.37. The van der Waals surface area contributed by atoms with Gasteiger partial charge in [0.1, 0.15) is 0 Å². The quantitative estimate of drug-likeness (QED) is 0.631. The molecule has 0 aromatic heterocycles. The lowest BCUT2D eigenvalue weighted by Gasteiger charge is -2.31. The summed E-state index contributed by atoms with van der Waals surface area (Å²) in [6.45, 7) is 5.48. The lowest BCUT2D eigenvalue weighted by Crippen LogP contribution is -2.34. The van der Waals surface area contributed by atoms with E-state index >= 15 is 0 Å². The van der Waals surface area contributed by atoms with Crippen LogP contribution in [0, 0.1) is 5.92 Å². The summed E-state index contributed by atoms with van der Waals surface area (Å²) in [5.74, 6) is -0.774. The SMILES string of the molecule is COC(=O)C1=C(C)NC(C)=C(C(C)=O)C1C1=CCCOO1. The van der Waals surface area contributed by atoms with Gasteiger partial charge in [-0.2, -0.15) is 4.89 Å². The molecule has 0 saturated heterocycles. The van der Waals surface area contributed by atoms with Gasteiger partial charge < -0.3 is 14.9 Å². The summed E-state index contributed by atoms with van der Waals surface area (Å²) in [4.78, 5) is 34.4. The third-order valence-corrected chi connectivity index (χ3v) is 3.53. The summed E-state index contributed by atoms with van der Waals surface area (Å²) in [6.07, 6.45) is 2.50. The van der Waals surface area contributed by atoms with Crippen LogP contribution in [0.25, 0.3) is 0 Å². The van der Waals surface area contributed by atoms with Crippen LogP contribution < -0.4 is 5.32 Å². The maximum atomic E-state index is 12.1. The van der Waals surface area contributed by atoms with Gasteiger partial charge in [-0.05, 0) is 33.3 Å². The second-order valence-electron chi connectivity index (χ2n) is 4.98. The second kappa shape index (κ2) is 6.13. The van der Waals surface area contributed by atoms with Crippen molar-refractivity contribution in [1.29, 1.82) is 0 Å². The number of ether oxygens (including phenoxy) is 1. The molecule has 2 aliphatic rings. The number of allylic oxidation sites excluding steroid dienone is 3. The van der Waals surface area contributed by atoms with Crippen LogP contribution in [-0.2, 0) is 24.1 Å². The number of ketones is 1. The van der Waals surface area contributed by atoms with Gasteiger partial charge in [0.25, 0.3) is 0 Å². The minimum Gasteiger partial charge on any atom is -0.466 e. The van der Waals surface area contributed by atoms with E-state index in [-0.39, 0.29) is 5.78 Å². The first kappa shape index (κ1) is 15.3. The van der Waals surface area contributed by atoms with Crippen LogP contribution in [0.2, 0.25) is 0 Å². The number of rotatable bonds is 3. The summed E-state index contributed by atoms with van der Waals surface area (Å²) >= 11 is 0. The first-order valence-corrected chi connectivity index (χ1v) is 6.74. The Kier molecular flexibility index (Phi) is 4.47. The van der Waals surface area contributed by atoms with E-state index in [0.29, 0.717) is 41.3 Å². The normalized spacial score (nSPS) is 22.3. The number of hydrogen-bond acceptors (Lipinski definition) is 6. The molecule has 0 aromatic carbocycles. The number of dihydropyridines is 1. The largest absolute Gasteiger partial charge is 0.466 e.